The van der Waals surface area contributed by atoms with Gasteiger partial charge in [0.25, 0.3) is 5.91 Å². The van der Waals surface area contributed by atoms with E-state index in [-0.39, 0.29) is 5.91 Å². The van der Waals surface area contributed by atoms with Crippen molar-refractivity contribution < 1.29 is 4.79 Å². The van der Waals surface area contributed by atoms with E-state index < -0.39 is 0 Å². The first-order valence-corrected chi connectivity index (χ1v) is 6.17. The van der Waals surface area contributed by atoms with Crippen molar-refractivity contribution in [3.05, 3.63) is 47.3 Å². The van der Waals surface area contributed by atoms with Crippen LogP contribution in [0.1, 0.15) is 35.3 Å². The Labute approximate surface area is 106 Å². The van der Waals surface area contributed by atoms with Crippen LogP contribution < -0.4 is 5.32 Å². The van der Waals surface area contributed by atoms with Crippen molar-refractivity contribution in [1.29, 1.82) is 0 Å². The molecule has 1 heterocycles. The summed E-state index contributed by atoms with van der Waals surface area (Å²) in [7, 11) is 0. The zero-order valence-corrected chi connectivity index (χ0v) is 10.7. The first-order chi connectivity index (χ1) is 8.76. The van der Waals surface area contributed by atoms with E-state index in [1.165, 1.54) is 6.20 Å². The third kappa shape index (κ3) is 2.42. The highest BCUT2D eigenvalue weighted by molar-refractivity contribution is 6.04. The van der Waals surface area contributed by atoms with Crippen LogP contribution in [0.15, 0.2) is 30.6 Å². The summed E-state index contributed by atoms with van der Waals surface area (Å²) in [5, 5.41) is 9.41. The zero-order valence-electron chi connectivity index (χ0n) is 10.7. The fraction of sp³-hybridized carbons (Fsp3) is 0.286. The van der Waals surface area contributed by atoms with Gasteiger partial charge in [0.1, 0.15) is 0 Å². The number of anilines is 1. The summed E-state index contributed by atoms with van der Waals surface area (Å²) in [6.07, 6.45) is 4.91. The Morgan fingerprint density at radius 3 is 2.44 bits per heavy atom. The number of nitrogens with one attached hydrogen (secondary N) is 2. The van der Waals surface area contributed by atoms with Crippen molar-refractivity contribution in [3.63, 3.8) is 0 Å². The number of hydrogen-bond acceptors (Lipinski definition) is 2. The summed E-state index contributed by atoms with van der Waals surface area (Å²) in [6.45, 7) is 4.17. The van der Waals surface area contributed by atoms with Gasteiger partial charge in [-0.15, -0.1) is 0 Å². The molecule has 4 heteroatoms. The van der Waals surface area contributed by atoms with Gasteiger partial charge in [-0.2, -0.15) is 5.10 Å². The van der Waals surface area contributed by atoms with Gasteiger partial charge in [0.15, 0.2) is 0 Å². The maximum atomic E-state index is 12.0. The Morgan fingerprint density at radius 2 is 1.94 bits per heavy atom. The topological polar surface area (TPSA) is 57.8 Å². The number of carbonyl (C=O) groups is 1. The summed E-state index contributed by atoms with van der Waals surface area (Å²) >= 11 is 0. The summed E-state index contributed by atoms with van der Waals surface area (Å²) < 4.78 is 0. The number of aromatic amines is 1. The van der Waals surface area contributed by atoms with Gasteiger partial charge in [-0.1, -0.05) is 32.0 Å². The summed E-state index contributed by atoms with van der Waals surface area (Å²) in [4.78, 5) is 12.0. The number of hydrogen-bond donors (Lipinski definition) is 2. The minimum absolute atomic E-state index is 0.126. The molecule has 2 aromatic rings. The van der Waals surface area contributed by atoms with Crippen LogP contribution in [0.5, 0.6) is 0 Å². The average Bonchev–Trinajstić information content (AvgIpc) is 2.93. The van der Waals surface area contributed by atoms with E-state index in [1.54, 1.807) is 6.20 Å². The van der Waals surface area contributed by atoms with Crippen molar-refractivity contribution in [2.24, 2.45) is 0 Å². The van der Waals surface area contributed by atoms with Crippen LogP contribution >= 0.6 is 0 Å². The maximum absolute atomic E-state index is 12.0. The molecule has 2 rings (SSSR count). The van der Waals surface area contributed by atoms with Crippen molar-refractivity contribution in [1.82, 2.24) is 10.2 Å². The molecule has 0 bridgehead atoms. The molecule has 0 fully saturated rings. The Balaban J connectivity index is 2.30. The number of benzene rings is 1. The van der Waals surface area contributed by atoms with Crippen molar-refractivity contribution >= 4 is 11.6 Å². The second-order valence-electron chi connectivity index (χ2n) is 4.10. The third-order valence-electron chi connectivity index (χ3n) is 3.00. The van der Waals surface area contributed by atoms with Gasteiger partial charge in [0.2, 0.25) is 0 Å². The van der Waals surface area contributed by atoms with Gasteiger partial charge in [-0.05, 0) is 24.0 Å². The maximum Gasteiger partial charge on any atom is 0.258 e. The summed E-state index contributed by atoms with van der Waals surface area (Å²) in [6, 6.07) is 6.12. The minimum Gasteiger partial charge on any atom is -0.321 e. The molecule has 0 atom stereocenters. The van der Waals surface area contributed by atoms with Gasteiger partial charge in [-0.25, -0.2) is 0 Å². The van der Waals surface area contributed by atoms with Crippen LogP contribution in [-0.4, -0.2) is 16.1 Å². The first-order valence-electron chi connectivity index (χ1n) is 6.17. The molecule has 0 saturated heterocycles. The smallest absolute Gasteiger partial charge is 0.258 e. The highest BCUT2D eigenvalue weighted by atomic mass is 16.1. The van der Waals surface area contributed by atoms with E-state index in [1.807, 2.05) is 18.2 Å². The van der Waals surface area contributed by atoms with Crippen molar-refractivity contribution in [2.45, 2.75) is 26.7 Å². The number of rotatable bonds is 4. The van der Waals surface area contributed by atoms with Crippen molar-refractivity contribution in [2.75, 3.05) is 5.32 Å². The molecule has 0 aliphatic rings. The molecule has 0 radical (unpaired) electrons. The van der Waals surface area contributed by atoms with Gasteiger partial charge < -0.3 is 5.32 Å². The lowest BCUT2D eigenvalue weighted by atomic mass is 10.0. The second kappa shape index (κ2) is 5.49. The second-order valence-corrected chi connectivity index (χ2v) is 4.10. The molecule has 0 unspecified atom stereocenters. The fourth-order valence-electron chi connectivity index (χ4n) is 1.96. The van der Waals surface area contributed by atoms with Gasteiger partial charge >= 0.3 is 0 Å². The Morgan fingerprint density at radius 1 is 1.28 bits per heavy atom. The quantitative estimate of drug-likeness (QED) is 0.867. The molecule has 0 aliphatic carbocycles. The number of carbonyl (C=O) groups excluding carboxylic acids is 1. The molecular formula is C14H17N3O. The lowest BCUT2D eigenvalue weighted by Crippen LogP contribution is -2.14. The van der Waals surface area contributed by atoms with Gasteiger partial charge in [0, 0.05) is 11.9 Å². The molecule has 0 saturated carbocycles. The SMILES string of the molecule is CCc1cccc(CC)c1NC(=O)c1cn[nH]c1. The van der Waals surface area contributed by atoms with E-state index in [4.69, 9.17) is 0 Å². The lowest BCUT2D eigenvalue weighted by molar-refractivity contribution is 0.102. The van der Waals surface area contributed by atoms with Gasteiger partial charge in [0.05, 0.1) is 11.8 Å². The molecular weight excluding hydrogens is 226 g/mol. The summed E-state index contributed by atoms with van der Waals surface area (Å²) in [5.41, 5.74) is 3.80. The van der Waals surface area contributed by atoms with Crippen LogP contribution in [0.2, 0.25) is 0 Å². The molecule has 4 nitrogen and oxygen atoms in total. The zero-order chi connectivity index (χ0) is 13.0. The van der Waals surface area contributed by atoms with E-state index in [0.717, 1.165) is 29.7 Å². The highest BCUT2D eigenvalue weighted by Crippen LogP contribution is 2.23. The van der Waals surface area contributed by atoms with E-state index in [0.29, 0.717) is 5.56 Å². The van der Waals surface area contributed by atoms with Crippen LogP contribution in [0.4, 0.5) is 5.69 Å². The lowest BCUT2D eigenvalue weighted by Gasteiger charge is -2.13. The number of H-pyrrole nitrogens is 1. The standard InChI is InChI=1S/C14H17N3O/c1-3-10-6-5-7-11(4-2)13(10)17-14(18)12-8-15-16-9-12/h5-9H,3-4H2,1-2H3,(H,15,16)(H,17,18). The van der Waals surface area contributed by atoms with Crippen LogP contribution in [0.25, 0.3) is 0 Å². The minimum atomic E-state index is -0.126. The number of nitrogens with zero attached hydrogens (tertiary/aromatic N) is 1. The number of amides is 1. The van der Waals surface area contributed by atoms with E-state index in [9.17, 15) is 4.79 Å². The molecule has 94 valence electrons. The predicted molar refractivity (Wildman–Crippen MR) is 71.7 cm³/mol. The monoisotopic (exact) mass is 243 g/mol. The Bertz CT molecular complexity index is 510. The molecule has 2 N–H and O–H groups in total. The normalized spacial score (nSPS) is 10.3. The number of aromatic nitrogens is 2. The Kier molecular flexibility index (Phi) is 3.77. The largest absolute Gasteiger partial charge is 0.321 e. The van der Waals surface area contributed by atoms with Crippen LogP contribution in [0.3, 0.4) is 0 Å². The highest BCUT2D eigenvalue weighted by Gasteiger charge is 2.12. The number of para-hydroxylation sites is 1. The predicted octanol–water partition coefficient (Wildman–Crippen LogP) is 2.79. The fourth-order valence-corrected chi connectivity index (χ4v) is 1.96. The van der Waals surface area contributed by atoms with Gasteiger partial charge in [-0.3, -0.25) is 9.89 Å². The molecule has 0 aliphatic heterocycles. The van der Waals surface area contributed by atoms with Crippen LogP contribution in [0, 0.1) is 0 Å². The third-order valence-corrected chi connectivity index (χ3v) is 3.00. The molecule has 1 aromatic heterocycles. The first kappa shape index (κ1) is 12.4. The molecule has 18 heavy (non-hydrogen) atoms. The van der Waals surface area contributed by atoms with Crippen LogP contribution in [-0.2, 0) is 12.8 Å². The Hall–Kier alpha value is -2.10. The average molecular weight is 243 g/mol. The molecule has 1 amide bonds. The van der Waals surface area contributed by atoms with E-state index >= 15 is 0 Å². The summed E-state index contributed by atoms with van der Waals surface area (Å²) in [5.74, 6) is -0.126. The molecule has 1 aromatic carbocycles. The van der Waals surface area contributed by atoms with Crippen molar-refractivity contribution in [3.8, 4) is 0 Å². The molecule has 0 spiro atoms. The van der Waals surface area contributed by atoms with E-state index in [2.05, 4.69) is 29.4 Å². The number of aryl methyl sites for hydroxylation is 2.